The molecule has 0 radical (unpaired) electrons. The monoisotopic (exact) mass is 249 g/mol. The van der Waals surface area contributed by atoms with Crippen LogP contribution in [0.4, 0.5) is 0 Å². The van der Waals surface area contributed by atoms with E-state index in [1.807, 2.05) is 0 Å². The highest BCUT2D eigenvalue weighted by atomic mass is 16.5. The summed E-state index contributed by atoms with van der Waals surface area (Å²) in [5.74, 6) is 0.504. The summed E-state index contributed by atoms with van der Waals surface area (Å²) in [6.45, 7) is 8.36. The number of aliphatic hydroxyl groups is 1. The molecule has 0 aromatic heterocycles. The van der Waals surface area contributed by atoms with Crippen LogP contribution in [0.25, 0.3) is 0 Å². The van der Waals surface area contributed by atoms with Crippen molar-refractivity contribution in [3.05, 3.63) is 0 Å². The molecule has 0 aliphatic heterocycles. The fourth-order valence-corrected chi connectivity index (χ4v) is 1.16. The minimum Gasteiger partial charge on any atom is -0.389 e. The van der Waals surface area contributed by atoms with E-state index < -0.39 is 6.10 Å². The van der Waals surface area contributed by atoms with Crippen LogP contribution in [-0.4, -0.2) is 64.4 Å². The third-order valence-corrected chi connectivity index (χ3v) is 2.00. The zero-order valence-corrected chi connectivity index (χ0v) is 11.3. The highest BCUT2D eigenvalue weighted by Crippen LogP contribution is 1.93. The molecule has 0 bridgehead atoms. The second-order valence-corrected chi connectivity index (χ2v) is 4.39. The Hall–Kier alpha value is -0.200. The maximum Gasteiger partial charge on any atom is 0.0897 e. The standard InChI is InChI=1S/C12H27NO4/c1-11(2)9-17-10-12(14)8-13-4-5-16-7-6-15-3/h11-14H,4-10H2,1-3H3. The summed E-state index contributed by atoms with van der Waals surface area (Å²) in [4.78, 5) is 0. The van der Waals surface area contributed by atoms with Crippen LogP contribution in [-0.2, 0) is 14.2 Å². The van der Waals surface area contributed by atoms with Crippen LogP contribution in [0, 0.1) is 5.92 Å². The van der Waals surface area contributed by atoms with Gasteiger partial charge in [-0.3, -0.25) is 0 Å². The smallest absolute Gasteiger partial charge is 0.0897 e. The van der Waals surface area contributed by atoms with Gasteiger partial charge in [-0.05, 0) is 5.92 Å². The molecule has 5 heteroatoms. The molecule has 0 aromatic carbocycles. The Balaban J connectivity index is 3.13. The van der Waals surface area contributed by atoms with E-state index >= 15 is 0 Å². The van der Waals surface area contributed by atoms with Gasteiger partial charge < -0.3 is 24.6 Å². The third kappa shape index (κ3) is 13.7. The molecule has 2 N–H and O–H groups in total. The van der Waals surface area contributed by atoms with E-state index in [9.17, 15) is 5.11 Å². The molecule has 0 aliphatic carbocycles. The van der Waals surface area contributed by atoms with Gasteiger partial charge in [0.1, 0.15) is 0 Å². The van der Waals surface area contributed by atoms with Crippen LogP contribution in [0.15, 0.2) is 0 Å². The number of aliphatic hydroxyl groups excluding tert-OH is 1. The number of ether oxygens (including phenoxy) is 3. The highest BCUT2D eigenvalue weighted by molar-refractivity contribution is 4.58. The number of methoxy groups -OCH3 is 1. The predicted octanol–water partition coefficient (Wildman–Crippen LogP) is 0.273. The summed E-state index contributed by atoms with van der Waals surface area (Å²) in [6, 6.07) is 0. The summed E-state index contributed by atoms with van der Waals surface area (Å²) < 4.78 is 15.4. The van der Waals surface area contributed by atoms with Gasteiger partial charge in [0.05, 0.1) is 32.5 Å². The summed E-state index contributed by atoms with van der Waals surface area (Å²) in [6.07, 6.45) is -0.451. The summed E-state index contributed by atoms with van der Waals surface area (Å²) in [5, 5.41) is 12.7. The van der Waals surface area contributed by atoms with Gasteiger partial charge in [0.2, 0.25) is 0 Å². The first-order valence-corrected chi connectivity index (χ1v) is 6.20. The lowest BCUT2D eigenvalue weighted by Crippen LogP contribution is -2.32. The minimum absolute atomic E-state index is 0.385. The van der Waals surface area contributed by atoms with E-state index in [1.165, 1.54) is 0 Å². The first-order chi connectivity index (χ1) is 8.16. The van der Waals surface area contributed by atoms with Gasteiger partial charge in [-0.15, -0.1) is 0 Å². The average Bonchev–Trinajstić information content (AvgIpc) is 2.27. The zero-order chi connectivity index (χ0) is 12.9. The van der Waals surface area contributed by atoms with E-state index in [1.54, 1.807) is 7.11 Å². The maximum atomic E-state index is 9.55. The highest BCUT2D eigenvalue weighted by Gasteiger charge is 2.04. The third-order valence-electron chi connectivity index (χ3n) is 2.00. The van der Waals surface area contributed by atoms with E-state index in [0.717, 1.165) is 6.54 Å². The number of nitrogens with one attached hydrogen (secondary N) is 1. The molecule has 0 aliphatic rings. The van der Waals surface area contributed by atoms with Crippen LogP contribution >= 0.6 is 0 Å². The topological polar surface area (TPSA) is 60.0 Å². The maximum absolute atomic E-state index is 9.55. The minimum atomic E-state index is -0.451. The van der Waals surface area contributed by atoms with Gasteiger partial charge in [-0.2, -0.15) is 0 Å². The Bertz CT molecular complexity index is 155. The second-order valence-electron chi connectivity index (χ2n) is 4.39. The van der Waals surface area contributed by atoms with Crippen LogP contribution in [0.3, 0.4) is 0 Å². The molecule has 0 spiro atoms. The first kappa shape index (κ1) is 16.8. The molecular weight excluding hydrogens is 222 g/mol. The van der Waals surface area contributed by atoms with Gasteiger partial charge >= 0.3 is 0 Å². The van der Waals surface area contributed by atoms with Gasteiger partial charge in [-0.25, -0.2) is 0 Å². The van der Waals surface area contributed by atoms with Crippen molar-refractivity contribution < 1.29 is 19.3 Å². The lowest BCUT2D eigenvalue weighted by molar-refractivity contribution is 0.0244. The first-order valence-electron chi connectivity index (χ1n) is 6.20. The Morgan fingerprint density at radius 2 is 1.82 bits per heavy atom. The van der Waals surface area contributed by atoms with Crippen molar-refractivity contribution >= 4 is 0 Å². The zero-order valence-electron chi connectivity index (χ0n) is 11.3. The van der Waals surface area contributed by atoms with Crippen molar-refractivity contribution in [2.45, 2.75) is 20.0 Å². The molecule has 1 unspecified atom stereocenters. The van der Waals surface area contributed by atoms with Gasteiger partial charge in [0.25, 0.3) is 0 Å². The SMILES string of the molecule is COCCOCCNCC(O)COCC(C)C. The molecule has 1 atom stereocenters. The predicted molar refractivity (Wildman–Crippen MR) is 67.2 cm³/mol. The normalized spacial score (nSPS) is 13.2. The molecule has 104 valence electrons. The van der Waals surface area contributed by atoms with Crippen molar-refractivity contribution in [3.8, 4) is 0 Å². The fourth-order valence-electron chi connectivity index (χ4n) is 1.16. The van der Waals surface area contributed by atoms with Crippen LogP contribution in [0.5, 0.6) is 0 Å². The largest absolute Gasteiger partial charge is 0.389 e. The van der Waals surface area contributed by atoms with Crippen molar-refractivity contribution in [2.24, 2.45) is 5.92 Å². The number of hydrogen-bond donors (Lipinski definition) is 2. The fraction of sp³-hybridized carbons (Fsp3) is 1.00. The second kappa shape index (κ2) is 12.3. The number of hydrogen-bond acceptors (Lipinski definition) is 5. The van der Waals surface area contributed by atoms with E-state index in [4.69, 9.17) is 14.2 Å². The Labute approximate surface area is 104 Å². The molecule has 5 nitrogen and oxygen atoms in total. The van der Waals surface area contributed by atoms with Crippen molar-refractivity contribution in [1.82, 2.24) is 5.32 Å². The Morgan fingerprint density at radius 1 is 1.06 bits per heavy atom. The van der Waals surface area contributed by atoms with Crippen molar-refractivity contribution in [1.29, 1.82) is 0 Å². The molecule has 0 rings (SSSR count). The molecule has 0 heterocycles. The van der Waals surface area contributed by atoms with Crippen molar-refractivity contribution in [2.75, 3.05) is 53.2 Å². The molecule has 0 fully saturated rings. The van der Waals surface area contributed by atoms with Crippen LogP contribution < -0.4 is 5.32 Å². The van der Waals surface area contributed by atoms with Crippen LogP contribution in [0.1, 0.15) is 13.8 Å². The molecular formula is C12H27NO4. The molecule has 0 amide bonds. The Kier molecular flexibility index (Phi) is 12.1. The Morgan fingerprint density at radius 3 is 2.47 bits per heavy atom. The lowest BCUT2D eigenvalue weighted by atomic mass is 10.2. The van der Waals surface area contributed by atoms with Gasteiger partial charge in [0.15, 0.2) is 0 Å². The van der Waals surface area contributed by atoms with E-state index in [-0.39, 0.29) is 0 Å². The summed E-state index contributed by atoms with van der Waals surface area (Å²) >= 11 is 0. The van der Waals surface area contributed by atoms with E-state index in [2.05, 4.69) is 19.2 Å². The molecule has 0 saturated carbocycles. The lowest BCUT2D eigenvalue weighted by Gasteiger charge is -2.13. The molecule has 0 aromatic rings. The summed E-state index contributed by atoms with van der Waals surface area (Å²) in [7, 11) is 1.65. The van der Waals surface area contributed by atoms with Gasteiger partial charge in [-0.1, -0.05) is 13.8 Å². The number of rotatable bonds is 12. The van der Waals surface area contributed by atoms with E-state index in [0.29, 0.717) is 45.5 Å². The van der Waals surface area contributed by atoms with Crippen molar-refractivity contribution in [3.63, 3.8) is 0 Å². The molecule has 0 saturated heterocycles. The summed E-state index contributed by atoms with van der Waals surface area (Å²) in [5.41, 5.74) is 0. The average molecular weight is 249 g/mol. The molecule has 17 heavy (non-hydrogen) atoms. The van der Waals surface area contributed by atoms with Crippen LogP contribution in [0.2, 0.25) is 0 Å². The van der Waals surface area contributed by atoms with Gasteiger partial charge in [0, 0.05) is 26.8 Å². The quantitative estimate of drug-likeness (QED) is 0.486.